The molecule has 7 heteroatoms. The summed E-state index contributed by atoms with van der Waals surface area (Å²) in [5.41, 5.74) is 6.19. The van der Waals surface area contributed by atoms with Crippen molar-refractivity contribution >= 4 is 15.7 Å². The van der Waals surface area contributed by atoms with Gasteiger partial charge in [-0.05, 0) is 38.0 Å². The van der Waals surface area contributed by atoms with Gasteiger partial charge in [0.1, 0.15) is 5.60 Å². The van der Waals surface area contributed by atoms with Gasteiger partial charge in [-0.3, -0.25) is 0 Å². The zero-order chi connectivity index (χ0) is 15.8. The predicted molar refractivity (Wildman–Crippen MR) is 80.5 cm³/mol. The molecule has 0 saturated carbocycles. The smallest absolute Gasteiger partial charge is 0.241 e. The first kappa shape index (κ1) is 16.2. The summed E-state index contributed by atoms with van der Waals surface area (Å²) in [5, 5.41) is 10.4. The maximum atomic E-state index is 12.5. The molecule has 1 aliphatic heterocycles. The van der Waals surface area contributed by atoms with Crippen LogP contribution in [0.3, 0.4) is 0 Å². The van der Waals surface area contributed by atoms with Gasteiger partial charge >= 0.3 is 0 Å². The summed E-state index contributed by atoms with van der Waals surface area (Å²) < 4.78 is 32.8. The lowest BCUT2D eigenvalue weighted by atomic mass is 9.97. The normalized spacial score (nSPS) is 26.2. The van der Waals surface area contributed by atoms with Gasteiger partial charge in [-0.25, -0.2) is 13.1 Å². The number of hydrogen-bond acceptors (Lipinski definition) is 5. The van der Waals surface area contributed by atoms with Gasteiger partial charge in [0.2, 0.25) is 10.0 Å². The maximum Gasteiger partial charge on any atom is 0.241 e. The zero-order valence-electron chi connectivity index (χ0n) is 12.5. The van der Waals surface area contributed by atoms with E-state index in [2.05, 4.69) is 4.72 Å². The molecule has 21 heavy (non-hydrogen) atoms. The lowest BCUT2D eigenvalue weighted by molar-refractivity contribution is -0.0228. The average Bonchev–Trinajstić information content (AvgIpc) is 2.73. The first-order chi connectivity index (χ1) is 9.67. The number of nitrogen functional groups attached to an aromatic ring is 1. The fourth-order valence-electron chi connectivity index (χ4n) is 2.55. The molecular formula is C14H22N2O4S. The topological polar surface area (TPSA) is 102 Å². The summed E-state index contributed by atoms with van der Waals surface area (Å²) in [4.78, 5) is 0.178. The minimum absolute atomic E-state index is 0.0792. The van der Waals surface area contributed by atoms with Crippen molar-refractivity contribution in [2.24, 2.45) is 0 Å². The van der Waals surface area contributed by atoms with Crippen LogP contribution in [0.5, 0.6) is 0 Å². The van der Waals surface area contributed by atoms with Crippen molar-refractivity contribution in [3.8, 4) is 0 Å². The molecule has 1 fully saturated rings. The number of anilines is 1. The van der Waals surface area contributed by atoms with Gasteiger partial charge in [0.15, 0.2) is 0 Å². The highest BCUT2D eigenvalue weighted by Gasteiger charge is 2.40. The SMILES string of the molecule is Cc1ccc(N)c(C)c1S(=O)(=O)NCC1(O)CCOC1C. The van der Waals surface area contributed by atoms with Gasteiger partial charge in [0.25, 0.3) is 0 Å². The van der Waals surface area contributed by atoms with Crippen molar-refractivity contribution in [2.75, 3.05) is 18.9 Å². The fourth-order valence-corrected chi connectivity index (χ4v) is 4.15. The number of sulfonamides is 1. The Hall–Kier alpha value is -1.15. The Balaban J connectivity index is 2.26. The third kappa shape index (κ3) is 3.06. The minimum atomic E-state index is -3.74. The highest BCUT2D eigenvalue weighted by atomic mass is 32.2. The molecule has 0 radical (unpaired) electrons. The second-order valence-electron chi connectivity index (χ2n) is 5.62. The molecule has 6 nitrogen and oxygen atoms in total. The highest BCUT2D eigenvalue weighted by Crippen LogP contribution is 2.27. The van der Waals surface area contributed by atoms with E-state index in [4.69, 9.17) is 10.5 Å². The van der Waals surface area contributed by atoms with Gasteiger partial charge in [-0.15, -0.1) is 0 Å². The van der Waals surface area contributed by atoms with Crippen LogP contribution in [-0.4, -0.2) is 38.4 Å². The van der Waals surface area contributed by atoms with Gasteiger partial charge < -0.3 is 15.6 Å². The van der Waals surface area contributed by atoms with Gasteiger partial charge in [0, 0.05) is 25.3 Å². The number of ether oxygens (including phenoxy) is 1. The molecule has 2 unspecified atom stereocenters. The average molecular weight is 314 g/mol. The number of rotatable bonds is 4. The molecule has 1 aliphatic rings. The Morgan fingerprint density at radius 1 is 1.48 bits per heavy atom. The number of aliphatic hydroxyl groups is 1. The van der Waals surface area contributed by atoms with Crippen molar-refractivity contribution < 1.29 is 18.3 Å². The van der Waals surface area contributed by atoms with Crippen molar-refractivity contribution in [3.63, 3.8) is 0 Å². The molecule has 0 aliphatic carbocycles. The first-order valence-corrected chi connectivity index (χ1v) is 8.35. The van der Waals surface area contributed by atoms with Crippen molar-refractivity contribution in [2.45, 2.75) is 43.8 Å². The molecule has 1 aromatic rings. The summed E-state index contributed by atoms with van der Waals surface area (Å²) in [6.45, 7) is 5.47. The van der Waals surface area contributed by atoms with E-state index in [9.17, 15) is 13.5 Å². The van der Waals surface area contributed by atoms with Crippen LogP contribution in [-0.2, 0) is 14.8 Å². The minimum Gasteiger partial charge on any atom is -0.398 e. The monoisotopic (exact) mass is 314 g/mol. The third-order valence-corrected chi connectivity index (χ3v) is 5.83. The number of benzene rings is 1. The largest absolute Gasteiger partial charge is 0.398 e. The second kappa shape index (κ2) is 5.57. The number of hydrogen-bond donors (Lipinski definition) is 3. The standard InChI is InChI=1S/C14H22N2O4S/c1-9-4-5-12(15)10(2)13(9)21(18,19)16-8-14(17)6-7-20-11(14)3/h4-5,11,16-17H,6-8,15H2,1-3H3. The molecule has 0 amide bonds. The number of aryl methyl sites for hydroxylation is 1. The Kier molecular flexibility index (Phi) is 4.30. The summed E-state index contributed by atoms with van der Waals surface area (Å²) in [6, 6.07) is 3.36. The summed E-state index contributed by atoms with van der Waals surface area (Å²) in [5.74, 6) is 0. The molecule has 4 N–H and O–H groups in total. The van der Waals surface area contributed by atoms with E-state index >= 15 is 0 Å². The zero-order valence-corrected chi connectivity index (χ0v) is 13.3. The van der Waals surface area contributed by atoms with Crippen LogP contribution in [0.4, 0.5) is 5.69 Å². The Bertz CT molecular complexity index is 645. The van der Waals surface area contributed by atoms with E-state index in [0.717, 1.165) is 0 Å². The number of nitrogens with two attached hydrogens (primary N) is 1. The molecule has 1 saturated heterocycles. The molecule has 0 spiro atoms. The van der Waals surface area contributed by atoms with Crippen LogP contribution in [0, 0.1) is 13.8 Å². The fraction of sp³-hybridized carbons (Fsp3) is 0.571. The molecule has 1 aromatic carbocycles. The van der Waals surface area contributed by atoms with E-state index < -0.39 is 21.7 Å². The highest BCUT2D eigenvalue weighted by molar-refractivity contribution is 7.89. The molecular weight excluding hydrogens is 292 g/mol. The van der Waals surface area contributed by atoms with E-state index in [1.807, 2.05) is 0 Å². The van der Waals surface area contributed by atoms with Crippen molar-refractivity contribution in [3.05, 3.63) is 23.3 Å². The Labute approximate surface area is 125 Å². The molecule has 2 rings (SSSR count). The lowest BCUT2D eigenvalue weighted by Gasteiger charge is -2.26. The lowest BCUT2D eigenvalue weighted by Crippen LogP contribution is -2.47. The summed E-state index contributed by atoms with van der Waals surface area (Å²) >= 11 is 0. The van der Waals surface area contributed by atoms with E-state index in [0.29, 0.717) is 29.8 Å². The van der Waals surface area contributed by atoms with Gasteiger partial charge in [-0.1, -0.05) is 6.07 Å². The quantitative estimate of drug-likeness (QED) is 0.710. The summed E-state index contributed by atoms with van der Waals surface area (Å²) in [7, 11) is -3.74. The maximum absolute atomic E-state index is 12.5. The van der Waals surface area contributed by atoms with Crippen molar-refractivity contribution in [1.29, 1.82) is 0 Å². The molecule has 2 atom stereocenters. The third-order valence-electron chi connectivity index (χ3n) is 4.14. The van der Waals surface area contributed by atoms with Crippen LogP contribution < -0.4 is 10.5 Å². The van der Waals surface area contributed by atoms with Crippen LogP contribution in [0.25, 0.3) is 0 Å². The van der Waals surface area contributed by atoms with E-state index in [1.54, 1.807) is 32.9 Å². The van der Waals surface area contributed by atoms with E-state index in [-0.39, 0.29) is 11.4 Å². The Morgan fingerprint density at radius 3 is 2.71 bits per heavy atom. The number of nitrogens with one attached hydrogen (secondary N) is 1. The van der Waals surface area contributed by atoms with Crippen LogP contribution in [0.1, 0.15) is 24.5 Å². The summed E-state index contributed by atoms with van der Waals surface area (Å²) in [6.07, 6.45) is 0.00853. The molecule has 0 bridgehead atoms. The van der Waals surface area contributed by atoms with Gasteiger partial charge in [0.05, 0.1) is 11.0 Å². The molecule has 0 aromatic heterocycles. The second-order valence-corrected chi connectivity index (χ2v) is 7.32. The van der Waals surface area contributed by atoms with Crippen molar-refractivity contribution in [1.82, 2.24) is 4.72 Å². The molecule has 118 valence electrons. The molecule has 1 heterocycles. The van der Waals surface area contributed by atoms with Gasteiger partial charge in [-0.2, -0.15) is 0 Å². The van der Waals surface area contributed by atoms with Crippen LogP contribution >= 0.6 is 0 Å². The predicted octanol–water partition coefficient (Wildman–Crippen LogP) is 0.704. The van der Waals surface area contributed by atoms with Crippen LogP contribution in [0.15, 0.2) is 17.0 Å². The first-order valence-electron chi connectivity index (χ1n) is 6.87. The Morgan fingerprint density at radius 2 is 2.14 bits per heavy atom. The van der Waals surface area contributed by atoms with Crippen LogP contribution in [0.2, 0.25) is 0 Å². The van der Waals surface area contributed by atoms with E-state index in [1.165, 1.54) is 0 Å².